The number of aliphatic hydroxyl groups is 1. The molecule has 1 heterocycles. The summed E-state index contributed by atoms with van der Waals surface area (Å²) in [6, 6.07) is 12.0. The number of nitrogens with one attached hydrogen (secondary N) is 1. The lowest BCUT2D eigenvalue weighted by Gasteiger charge is -2.45. The van der Waals surface area contributed by atoms with Gasteiger partial charge in [0, 0.05) is 21.7 Å². The summed E-state index contributed by atoms with van der Waals surface area (Å²) in [5.74, 6) is -0.965. The minimum absolute atomic E-state index is 0.217. The van der Waals surface area contributed by atoms with Crippen molar-refractivity contribution < 1.29 is 15.0 Å². The molecule has 0 amide bonds. The number of rotatable bonds is 2. The summed E-state index contributed by atoms with van der Waals surface area (Å²) < 4.78 is 0. The number of benzene rings is 2. The first kappa shape index (κ1) is 15.8. The van der Waals surface area contributed by atoms with E-state index in [9.17, 15) is 15.0 Å². The van der Waals surface area contributed by atoms with Crippen molar-refractivity contribution in [2.75, 3.05) is 5.32 Å². The minimum Gasteiger partial charge on any atom is -0.478 e. The van der Waals surface area contributed by atoms with Gasteiger partial charge >= 0.3 is 5.97 Å². The molecule has 0 aromatic heterocycles. The van der Waals surface area contributed by atoms with Gasteiger partial charge in [0.1, 0.15) is 0 Å². The molecule has 2 atom stereocenters. The van der Waals surface area contributed by atoms with Crippen LogP contribution in [0.25, 0.3) is 0 Å². The topological polar surface area (TPSA) is 69.6 Å². The van der Waals surface area contributed by atoms with Gasteiger partial charge in [-0.2, -0.15) is 0 Å². The summed E-state index contributed by atoms with van der Waals surface area (Å²) in [6.45, 7) is 3.90. The number of anilines is 1. The predicted molar refractivity (Wildman–Crippen MR) is 90.0 cm³/mol. The number of hydrogen-bond donors (Lipinski definition) is 3. The van der Waals surface area contributed by atoms with Crippen LogP contribution in [0.2, 0.25) is 5.02 Å². The van der Waals surface area contributed by atoms with Gasteiger partial charge in [-0.15, -0.1) is 0 Å². The van der Waals surface area contributed by atoms with Gasteiger partial charge < -0.3 is 15.5 Å². The summed E-state index contributed by atoms with van der Waals surface area (Å²) in [7, 11) is 0. The van der Waals surface area contributed by atoms with E-state index in [-0.39, 0.29) is 11.6 Å². The molecule has 0 saturated carbocycles. The van der Waals surface area contributed by atoms with E-state index >= 15 is 0 Å². The first-order chi connectivity index (χ1) is 10.8. The van der Waals surface area contributed by atoms with Crippen LogP contribution in [0.5, 0.6) is 0 Å². The fourth-order valence-electron chi connectivity index (χ4n) is 3.16. The Bertz CT molecular complexity index is 773. The third-order valence-corrected chi connectivity index (χ3v) is 4.76. The van der Waals surface area contributed by atoms with Crippen molar-refractivity contribution in [1.82, 2.24) is 0 Å². The second-order valence-corrected chi connectivity index (χ2v) is 6.90. The zero-order chi connectivity index (χ0) is 16.8. The van der Waals surface area contributed by atoms with Crippen molar-refractivity contribution >= 4 is 23.3 Å². The summed E-state index contributed by atoms with van der Waals surface area (Å²) in [6.07, 6.45) is -0.712. The second-order valence-electron chi connectivity index (χ2n) is 6.46. The number of carboxylic acids is 1. The molecule has 2 aromatic carbocycles. The molecule has 1 aliphatic rings. The van der Waals surface area contributed by atoms with Crippen LogP contribution in [-0.4, -0.2) is 16.2 Å². The lowest BCUT2D eigenvalue weighted by Crippen LogP contribution is -2.38. The standard InChI is InChI=1S/C18H18ClNO3/c1-18(2)15(10-4-3-5-11(8-10)17(22)23)20-14-7-6-12(19)9-13(14)16(18)21/h3-9,15-16,20-21H,1-2H3,(H,22,23). The Balaban J connectivity index is 2.08. The van der Waals surface area contributed by atoms with E-state index in [0.717, 1.165) is 16.8 Å². The van der Waals surface area contributed by atoms with Gasteiger partial charge in [-0.25, -0.2) is 4.79 Å². The van der Waals surface area contributed by atoms with Gasteiger partial charge in [0.25, 0.3) is 0 Å². The van der Waals surface area contributed by atoms with E-state index in [4.69, 9.17) is 11.6 Å². The molecular weight excluding hydrogens is 314 g/mol. The Hall–Kier alpha value is -2.04. The zero-order valence-electron chi connectivity index (χ0n) is 12.9. The molecule has 0 saturated heterocycles. The van der Waals surface area contributed by atoms with Gasteiger partial charge in [0.05, 0.1) is 17.7 Å². The highest BCUT2D eigenvalue weighted by Crippen LogP contribution is 2.51. The fourth-order valence-corrected chi connectivity index (χ4v) is 3.34. The lowest BCUT2D eigenvalue weighted by molar-refractivity contribution is 0.0289. The highest BCUT2D eigenvalue weighted by Gasteiger charge is 2.43. The number of hydrogen-bond acceptors (Lipinski definition) is 3. The molecule has 0 spiro atoms. The Morgan fingerprint density at radius 3 is 2.65 bits per heavy atom. The van der Waals surface area contributed by atoms with Gasteiger partial charge in [0.15, 0.2) is 0 Å². The number of halogens is 1. The molecule has 1 aliphatic heterocycles. The SMILES string of the molecule is CC1(C)C(O)c2cc(Cl)ccc2NC1c1cccc(C(=O)O)c1. The minimum atomic E-state index is -0.965. The molecule has 23 heavy (non-hydrogen) atoms. The van der Waals surface area contributed by atoms with E-state index in [1.54, 1.807) is 30.3 Å². The third kappa shape index (κ3) is 2.69. The molecule has 3 rings (SSSR count). The Labute approximate surface area is 139 Å². The molecule has 2 aromatic rings. The first-order valence-corrected chi connectivity index (χ1v) is 7.76. The molecule has 0 radical (unpaired) electrons. The quantitative estimate of drug-likeness (QED) is 0.768. The maximum atomic E-state index is 11.2. The molecular formula is C18H18ClNO3. The van der Waals surface area contributed by atoms with E-state index < -0.39 is 17.5 Å². The van der Waals surface area contributed by atoms with Crippen LogP contribution in [-0.2, 0) is 0 Å². The van der Waals surface area contributed by atoms with Crippen LogP contribution in [0.3, 0.4) is 0 Å². The number of carbonyl (C=O) groups is 1. The van der Waals surface area contributed by atoms with E-state index in [1.807, 2.05) is 26.0 Å². The molecule has 5 heteroatoms. The fraction of sp³-hybridized carbons (Fsp3) is 0.278. The van der Waals surface area contributed by atoms with Crippen molar-refractivity contribution in [3.8, 4) is 0 Å². The summed E-state index contributed by atoms with van der Waals surface area (Å²) in [5, 5.41) is 24.0. The van der Waals surface area contributed by atoms with Crippen molar-refractivity contribution in [3.63, 3.8) is 0 Å². The Morgan fingerprint density at radius 2 is 1.96 bits per heavy atom. The molecule has 0 aliphatic carbocycles. The Kier molecular flexibility index (Phi) is 3.82. The van der Waals surface area contributed by atoms with Crippen LogP contribution in [0.1, 0.15) is 47.5 Å². The largest absolute Gasteiger partial charge is 0.478 e. The normalized spacial score (nSPS) is 22.1. The van der Waals surface area contributed by atoms with E-state index in [2.05, 4.69) is 5.32 Å². The molecule has 3 N–H and O–H groups in total. The monoisotopic (exact) mass is 331 g/mol. The van der Waals surface area contributed by atoms with E-state index in [0.29, 0.717) is 5.02 Å². The number of aliphatic hydroxyl groups excluding tert-OH is 1. The average Bonchev–Trinajstić information content (AvgIpc) is 2.51. The number of aromatic carboxylic acids is 1. The second kappa shape index (κ2) is 5.55. The lowest BCUT2D eigenvalue weighted by atomic mass is 9.70. The first-order valence-electron chi connectivity index (χ1n) is 7.38. The van der Waals surface area contributed by atoms with Gasteiger partial charge in [-0.3, -0.25) is 0 Å². The molecule has 120 valence electrons. The summed E-state index contributed by atoms with van der Waals surface area (Å²) >= 11 is 6.04. The molecule has 4 nitrogen and oxygen atoms in total. The molecule has 0 bridgehead atoms. The maximum absolute atomic E-state index is 11.2. The maximum Gasteiger partial charge on any atom is 0.335 e. The molecule has 0 fully saturated rings. The van der Waals surface area contributed by atoms with Gasteiger partial charge in [-0.05, 0) is 35.9 Å². The van der Waals surface area contributed by atoms with Crippen LogP contribution in [0.4, 0.5) is 5.69 Å². The smallest absolute Gasteiger partial charge is 0.335 e. The highest BCUT2D eigenvalue weighted by atomic mass is 35.5. The van der Waals surface area contributed by atoms with Crippen molar-refractivity contribution in [2.24, 2.45) is 5.41 Å². The summed E-state index contributed by atoms with van der Waals surface area (Å²) in [5.41, 5.74) is 2.10. The average molecular weight is 332 g/mol. The number of fused-ring (bicyclic) bond motifs is 1. The van der Waals surface area contributed by atoms with Crippen LogP contribution >= 0.6 is 11.6 Å². The van der Waals surface area contributed by atoms with Crippen molar-refractivity contribution in [1.29, 1.82) is 0 Å². The Morgan fingerprint density at radius 1 is 1.22 bits per heavy atom. The van der Waals surface area contributed by atoms with Crippen LogP contribution < -0.4 is 5.32 Å². The van der Waals surface area contributed by atoms with Gasteiger partial charge in [0.2, 0.25) is 0 Å². The van der Waals surface area contributed by atoms with Crippen LogP contribution in [0, 0.1) is 5.41 Å². The predicted octanol–water partition coefficient (Wildman–Crippen LogP) is 4.26. The van der Waals surface area contributed by atoms with E-state index in [1.165, 1.54) is 0 Å². The van der Waals surface area contributed by atoms with Crippen LogP contribution in [0.15, 0.2) is 42.5 Å². The van der Waals surface area contributed by atoms with Crippen molar-refractivity contribution in [2.45, 2.75) is 26.0 Å². The molecule has 2 unspecified atom stereocenters. The summed E-state index contributed by atoms with van der Waals surface area (Å²) in [4.78, 5) is 11.2. The van der Waals surface area contributed by atoms with Gasteiger partial charge in [-0.1, -0.05) is 37.6 Å². The highest BCUT2D eigenvalue weighted by molar-refractivity contribution is 6.30. The number of carboxylic acid groups (broad SMARTS) is 1. The zero-order valence-corrected chi connectivity index (χ0v) is 13.6. The van der Waals surface area contributed by atoms with Crippen molar-refractivity contribution in [3.05, 3.63) is 64.2 Å². The third-order valence-electron chi connectivity index (χ3n) is 4.52.